The van der Waals surface area contributed by atoms with E-state index in [2.05, 4.69) is 59.4 Å². The van der Waals surface area contributed by atoms with Crippen molar-refractivity contribution >= 4 is 29.0 Å². The summed E-state index contributed by atoms with van der Waals surface area (Å²) in [5.74, 6) is 0.0551. The third-order valence-corrected chi connectivity index (χ3v) is 6.90. The molecular weight excluding hydrogens is 468 g/mol. The van der Waals surface area contributed by atoms with Gasteiger partial charge < -0.3 is 19.5 Å². The quantitative estimate of drug-likeness (QED) is 0.263. The first-order valence-corrected chi connectivity index (χ1v) is 12.4. The molecule has 1 fully saturated rings. The van der Waals surface area contributed by atoms with Gasteiger partial charge in [-0.15, -0.1) is 0 Å². The molecule has 0 aliphatic carbocycles. The predicted octanol–water partition coefficient (Wildman–Crippen LogP) is 5.96. The summed E-state index contributed by atoms with van der Waals surface area (Å²) < 4.78 is 7.10. The smallest absolute Gasteiger partial charge is 0.339 e. The van der Waals surface area contributed by atoms with Gasteiger partial charge in [0.15, 0.2) is 5.11 Å². The van der Waals surface area contributed by atoms with Crippen molar-refractivity contribution in [2.24, 2.45) is 0 Å². The zero-order chi connectivity index (χ0) is 25.2. The van der Waals surface area contributed by atoms with Crippen LogP contribution in [0, 0.1) is 0 Å². The van der Waals surface area contributed by atoms with E-state index < -0.39 is 0 Å². The molecule has 2 atom stereocenters. The average Bonchev–Trinajstić information content (AvgIpc) is 3.53. The number of pyridine rings is 1. The minimum atomic E-state index is -0.382. The molecule has 1 N–H and O–H groups in total. The first kappa shape index (κ1) is 23.8. The highest BCUT2D eigenvalue weighted by Gasteiger charge is 2.42. The van der Waals surface area contributed by atoms with Crippen LogP contribution in [0.1, 0.15) is 59.2 Å². The Hall–Kier alpha value is -3.97. The number of esters is 1. The topological polar surface area (TPSA) is 59.4 Å². The minimum Gasteiger partial charge on any atom is -0.465 e. The van der Waals surface area contributed by atoms with Crippen LogP contribution in [-0.2, 0) is 4.74 Å². The van der Waals surface area contributed by atoms with E-state index >= 15 is 0 Å². The third kappa shape index (κ3) is 4.27. The number of benzene rings is 2. The molecule has 0 unspecified atom stereocenters. The van der Waals surface area contributed by atoms with Crippen molar-refractivity contribution in [2.75, 3.05) is 12.0 Å². The number of nitrogens with one attached hydrogen (secondary N) is 1. The highest BCUT2D eigenvalue weighted by Crippen LogP contribution is 2.42. The van der Waals surface area contributed by atoms with E-state index in [4.69, 9.17) is 17.0 Å². The van der Waals surface area contributed by atoms with E-state index in [1.807, 2.05) is 53.2 Å². The second kappa shape index (κ2) is 9.95. The summed E-state index contributed by atoms with van der Waals surface area (Å²) >= 11 is 5.88. The lowest BCUT2D eigenvalue weighted by atomic mass is 9.99. The van der Waals surface area contributed by atoms with E-state index in [1.165, 1.54) is 12.7 Å². The molecule has 0 amide bonds. The largest absolute Gasteiger partial charge is 0.465 e. The van der Waals surface area contributed by atoms with Crippen molar-refractivity contribution in [1.29, 1.82) is 0 Å². The van der Waals surface area contributed by atoms with E-state index in [0.717, 1.165) is 22.8 Å². The van der Waals surface area contributed by atoms with E-state index in [-0.39, 0.29) is 18.1 Å². The molecule has 182 valence electrons. The summed E-state index contributed by atoms with van der Waals surface area (Å²) in [6.07, 6.45) is 3.76. The van der Waals surface area contributed by atoms with Crippen LogP contribution in [0.3, 0.4) is 0 Å². The van der Waals surface area contributed by atoms with Gasteiger partial charge in [0.25, 0.3) is 0 Å². The fourth-order valence-electron chi connectivity index (χ4n) is 4.77. The monoisotopic (exact) mass is 496 g/mol. The first-order chi connectivity index (χ1) is 17.5. The maximum Gasteiger partial charge on any atom is 0.339 e. The van der Waals surface area contributed by atoms with Crippen molar-refractivity contribution < 1.29 is 9.53 Å². The van der Waals surface area contributed by atoms with Crippen LogP contribution in [0.5, 0.6) is 0 Å². The molecule has 6 nitrogen and oxygen atoms in total. The van der Waals surface area contributed by atoms with Gasteiger partial charge in [0.05, 0.1) is 30.1 Å². The van der Waals surface area contributed by atoms with Gasteiger partial charge in [0.2, 0.25) is 0 Å². The number of hydrogen-bond acceptors (Lipinski definition) is 4. The Morgan fingerprint density at radius 3 is 2.44 bits per heavy atom. The second-order valence-corrected chi connectivity index (χ2v) is 9.44. The van der Waals surface area contributed by atoms with Gasteiger partial charge in [-0.25, -0.2) is 4.79 Å². The van der Waals surface area contributed by atoms with Gasteiger partial charge in [-0.3, -0.25) is 4.98 Å². The molecule has 0 spiro atoms. The summed E-state index contributed by atoms with van der Waals surface area (Å²) in [5, 5.41) is 4.14. The molecule has 1 aliphatic rings. The summed E-state index contributed by atoms with van der Waals surface area (Å²) in [7, 11) is 1.40. The number of ether oxygens (including phenoxy) is 1. The third-order valence-electron chi connectivity index (χ3n) is 6.59. The van der Waals surface area contributed by atoms with Crippen LogP contribution in [0.2, 0.25) is 0 Å². The van der Waals surface area contributed by atoms with Crippen molar-refractivity contribution in [3.63, 3.8) is 0 Å². The lowest BCUT2D eigenvalue weighted by molar-refractivity contribution is 0.0600. The highest BCUT2D eigenvalue weighted by atomic mass is 32.1. The molecule has 36 heavy (non-hydrogen) atoms. The van der Waals surface area contributed by atoms with Crippen LogP contribution < -0.4 is 10.2 Å². The SMILES string of the molecule is COC(=O)c1ccccc1-n1cccc1[C@H]1[C@H](c2ccccn2)NC(=S)N1c1ccc(C(C)C)cc1. The van der Waals surface area contributed by atoms with Crippen molar-refractivity contribution in [1.82, 2.24) is 14.9 Å². The number of thiocarbonyl (C=S) groups is 1. The van der Waals surface area contributed by atoms with Crippen molar-refractivity contribution in [3.05, 3.63) is 114 Å². The number of anilines is 1. The first-order valence-electron chi connectivity index (χ1n) is 11.9. The molecule has 0 radical (unpaired) electrons. The number of para-hydroxylation sites is 1. The Labute approximate surface area is 216 Å². The normalized spacial score (nSPS) is 17.3. The van der Waals surface area contributed by atoms with E-state index in [0.29, 0.717) is 16.6 Å². The number of methoxy groups -OCH3 is 1. The lowest BCUT2D eigenvalue weighted by Crippen LogP contribution is -2.30. The van der Waals surface area contributed by atoms with Gasteiger partial charge in [0, 0.05) is 23.8 Å². The molecule has 4 aromatic rings. The Bertz CT molecular complexity index is 1380. The number of rotatable bonds is 6. The summed E-state index contributed by atoms with van der Waals surface area (Å²) in [6.45, 7) is 4.37. The summed E-state index contributed by atoms with van der Waals surface area (Å²) in [5.41, 5.74) is 5.37. The number of hydrogen-bond donors (Lipinski definition) is 1. The Morgan fingerprint density at radius 2 is 1.75 bits per heavy atom. The van der Waals surface area contributed by atoms with Crippen LogP contribution in [0.15, 0.2) is 91.3 Å². The Balaban J connectivity index is 1.66. The fourth-order valence-corrected chi connectivity index (χ4v) is 5.12. The number of nitrogens with zero attached hydrogens (tertiary/aromatic N) is 3. The average molecular weight is 497 g/mol. The number of carbonyl (C=O) groups is 1. The zero-order valence-electron chi connectivity index (χ0n) is 20.5. The van der Waals surface area contributed by atoms with Gasteiger partial charge in [0.1, 0.15) is 6.04 Å². The van der Waals surface area contributed by atoms with Crippen molar-refractivity contribution in [2.45, 2.75) is 31.8 Å². The molecule has 2 aromatic heterocycles. The molecular formula is C29H28N4O2S. The summed E-state index contributed by atoms with van der Waals surface area (Å²) in [4.78, 5) is 19.4. The van der Waals surface area contributed by atoms with Crippen LogP contribution in [0.4, 0.5) is 5.69 Å². The predicted molar refractivity (Wildman–Crippen MR) is 146 cm³/mol. The fraction of sp³-hybridized carbons (Fsp3) is 0.207. The molecule has 0 bridgehead atoms. The second-order valence-electron chi connectivity index (χ2n) is 9.05. The van der Waals surface area contributed by atoms with Crippen LogP contribution in [0.25, 0.3) is 5.69 Å². The van der Waals surface area contributed by atoms with E-state index in [9.17, 15) is 4.79 Å². The van der Waals surface area contributed by atoms with Crippen LogP contribution in [-0.4, -0.2) is 27.7 Å². The van der Waals surface area contributed by atoms with Crippen molar-refractivity contribution in [3.8, 4) is 5.69 Å². The van der Waals surface area contributed by atoms with E-state index in [1.54, 1.807) is 12.3 Å². The highest BCUT2D eigenvalue weighted by molar-refractivity contribution is 7.80. The zero-order valence-corrected chi connectivity index (χ0v) is 21.3. The number of aromatic nitrogens is 2. The van der Waals surface area contributed by atoms with Gasteiger partial charge in [-0.05, 0) is 72.2 Å². The molecule has 0 saturated carbocycles. The lowest BCUT2D eigenvalue weighted by Gasteiger charge is -2.29. The van der Waals surface area contributed by atoms with Gasteiger partial charge in [-0.1, -0.05) is 44.2 Å². The Morgan fingerprint density at radius 1 is 1.00 bits per heavy atom. The maximum atomic E-state index is 12.6. The maximum absolute atomic E-state index is 12.6. The molecule has 1 saturated heterocycles. The molecule has 3 heterocycles. The molecule has 1 aliphatic heterocycles. The standard InChI is InChI=1S/C29H28N4O2S/c1-19(2)20-13-15-21(16-14-20)33-27(26(31-29(33)36)23-10-6-7-17-30-23)25-12-8-18-32(25)24-11-5-4-9-22(24)28(34)35-3/h4-19,26-27H,1-3H3,(H,31,36)/t26-,27-/m0/s1. The number of carbonyl (C=O) groups excluding carboxylic acids is 1. The molecule has 2 aromatic carbocycles. The Kier molecular flexibility index (Phi) is 6.57. The molecule has 5 rings (SSSR count). The van der Waals surface area contributed by atoms with Gasteiger partial charge >= 0.3 is 5.97 Å². The van der Waals surface area contributed by atoms with Gasteiger partial charge in [-0.2, -0.15) is 0 Å². The minimum absolute atomic E-state index is 0.192. The summed E-state index contributed by atoms with van der Waals surface area (Å²) in [6, 6.07) is 25.5. The molecule has 7 heteroatoms. The van der Waals surface area contributed by atoms with Crippen LogP contribution >= 0.6 is 12.2 Å².